The van der Waals surface area contributed by atoms with Crippen LogP contribution in [-0.2, 0) is 4.74 Å². The molecule has 0 bridgehead atoms. The normalized spacial score (nSPS) is 27.4. The van der Waals surface area contributed by atoms with Crippen molar-refractivity contribution in [3.63, 3.8) is 0 Å². The summed E-state index contributed by atoms with van der Waals surface area (Å²) in [6, 6.07) is 5.25. The number of rotatable bonds is 4. The van der Waals surface area contributed by atoms with E-state index in [1.165, 1.54) is 24.9 Å². The Balaban J connectivity index is 1.73. The molecular formula is C16H25N3O. The van der Waals surface area contributed by atoms with E-state index < -0.39 is 0 Å². The molecule has 2 aliphatic rings. The molecule has 1 saturated heterocycles. The van der Waals surface area contributed by atoms with Gasteiger partial charge in [0, 0.05) is 12.6 Å². The van der Waals surface area contributed by atoms with Gasteiger partial charge in [0.1, 0.15) is 0 Å². The summed E-state index contributed by atoms with van der Waals surface area (Å²) in [6.45, 7) is 7.09. The highest BCUT2D eigenvalue weighted by Crippen LogP contribution is 2.32. The molecule has 110 valence electrons. The molecule has 4 heteroatoms. The summed E-state index contributed by atoms with van der Waals surface area (Å²) < 4.78 is 5.88. The lowest BCUT2D eigenvalue weighted by atomic mass is 10.1. The van der Waals surface area contributed by atoms with Crippen LogP contribution in [0.4, 0.5) is 5.69 Å². The fourth-order valence-electron chi connectivity index (χ4n) is 3.48. The summed E-state index contributed by atoms with van der Waals surface area (Å²) in [5.41, 5.74) is 2.37. The molecule has 2 heterocycles. The maximum Gasteiger partial charge on any atom is 0.0779 e. The number of nitrogens with zero attached hydrogens (tertiary/aromatic N) is 2. The molecule has 1 aromatic heterocycles. The fourth-order valence-corrected chi connectivity index (χ4v) is 3.48. The van der Waals surface area contributed by atoms with Gasteiger partial charge in [-0.25, -0.2) is 0 Å². The van der Waals surface area contributed by atoms with Gasteiger partial charge >= 0.3 is 0 Å². The van der Waals surface area contributed by atoms with Crippen LogP contribution in [-0.4, -0.2) is 36.8 Å². The Labute approximate surface area is 121 Å². The van der Waals surface area contributed by atoms with Gasteiger partial charge in [-0.1, -0.05) is 6.92 Å². The lowest BCUT2D eigenvalue weighted by Gasteiger charge is -2.39. The van der Waals surface area contributed by atoms with Gasteiger partial charge in [-0.05, 0) is 44.9 Å². The number of hydrogen-bond donors (Lipinski definition) is 1. The van der Waals surface area contributed by atoms with E-state index in [-0.39, 0.29) is 0 Å². The van der Waals surface area contributed by atoms with Gasteiger partial charge in [0.15, 0.2) is 0 Å². The Morgan fingerprint density at radius 3 is 3.10 bits per heavy atom. The van der Waals surface area contributed by atoms with Crippen molar-refractivity contribution in [2.75, 3.05) is 24.6 Å². The van der Waals surface area contributed by atoms with E-state index in [1.807, 2.05) is 6.20 Å². The highest BCUT2D eigenvalue weighted by atomic mass is 16.5. The largest absolute Gasteiger partial charge is 0.374 e. The van der Waals surface area contributed by atoms with Crippen molar-refractivity contribution in [2.45, 2.75) is 51.3 Å². The predicted molar refractivity (Wildman–Crippen MR) is 81.1 cm³/mol. The van der Waals surface area contributed by atoms with Crippen molar-refractivity contribution in [1.82, 2.24) is 10.3 Å². The zero-order valence-electron chi connectivity index (χ0n) is 12.5. The number of ether oxygens (including phenoxy) is 1. The zero-order valence-corrected chi connectivity index (χ0v) is 12.5. The number of hydrogen-bond acceptors (Lipinski definition) is 4. The minimum absolute atomic E-state index is 0.318. The topological polar surface area (TPSA) is 37.4 Å². The van der Waals surface area contributed by atoms with Crippen LogP contribution < -0.4 is 10.2 Å². The Morgan fingerprint density at radius 1 is 1.45 bits per heavy atom. The second kappa shape index (κ2) is 6.10. The first kappa shape index (κ1) is 13.8. The maximum absolute atomic E-state index is 5.88. The van der Waals surface area contributed by atoms with Gasteiger partial charge in [0.25, 0.3) is 0 Å². The minimum atomic E-state index is 0.318. The summed E-state index contributed by atoms with van der Waals surface area (Å²) in [5.74, 6) is 0. The Hall–Kier alpha value is -1.13. The molecule has 2 fully saturated rings. The number of morpholine rings is 1. The number of pyridine rings is 1. The molecular weight excluding hydrogens is 250 g/mol. The molecule has 1 N–H and O–H groups in total. The summed E-state index contributed by atoms with van der Waals surface area (Å²) in [4.78, 5) is 7.14. The first-order chi connectivity index (χ1) is 9.79. The van der Waals surface area contributed by atoms with Crippen molar-refractivity contribution in [3.8, 4) is 0 Å². The van der Waals surface area contributed by atoms with Crippen LogP contribution in [0.15, 0.2) is 18.3 Å². The lowest BCUT2D eigenvalue weighted by Crippen LogP contribution is -2.48. The van der Waals surface area contributed by atoms with E-state index in [2.05, 4.69) is 41.2 Å². The summed E-state index contributed by atoms with van der Waals surface area (Å²) >= 11 is 0. The van der Waals surface area contributed by atoms with E-state index in [0.29, 0.717) is 18.2 Å². The Morgan fingerprint density at radius 2 is 2.35 bits per heavy atom. The molecule has 0 spiro atoms. The van der Waals surface area contributed by atoms with Crippen LogP contribution in [0.2, 0.25) is 0 Å². The van der Waals surface area contributed by atoms with Crippen LogP contribution in [0, 0.1) is 0 Å². The quantitative estimate of drug-likeness (QED) is 0.916. The lowest BCUT2D eigenvalue weighted by molar-refractivity contribution is 0.0256. The van der Waals surface area contributed by atoms with Crippen molar-refractivity contribution < 1.29 is 4.74 Å². The predicted octanol–water partition coefficient (Wildman–Crippen LogP) is 2.51. The molecule has 3 unspecified atom stereocenters. The smallest absolute Gasteiger partial charge is 0.0779 e. The van der Waals surface area contributed by atoms with Gasteiger partial charge in [-0.2, -0.15) is 0 Å². The first-order valence-electron chi connectivity index (χ1n) is 7.87. The van der Waals surface area contributed by atoms with E-state index in [0.717, 1.165) is 25.4 Å². The van der Waals surface area contributed by atoms with Crippen LogP contribution in [0.5, 0.6) is 0 Å². The third-order valence-corrected chi connectivity index (χ3v) is 4.54. The molecule has 3 rings (SSSR count). The van der Waals surface area contributed by atoms with Gasteiger partial charge < -0.3 is 15.0 Å². The van der Waals surface area contributed by atoms with Gasteiger partial charge in [0.2, 0.25) is 0 Å². The molecule has 0 amide bonds. The fraction of sp³-hybridized carbons (Fsp3) is 0.688. The monoisotopic (exact) mass is 275 g/mol. The number of anilines is 1. The summed E-state index contributed by atoms with van der Waals surface area (Å²) in [7, 11) is 0. The molecule has 1 aliphatic carbocycles. The highest BCUT2D eigenvalue weighted by Gasteiger charge is 2.36. The number of fused-ring (bicyclic) bond motifs is 1. The van der Waals surface area contributed by atoms with Gasteiger partial charge in [-0.3, -0.25) is 4.98 Å². The molecule has 0 radical (unpaired) electrons. The van der Waals surface area contributed by atoms with E-state index >= 15 is 0 Å². The van der Waals surface area contributed by atoms with Gasteiger partial charge in [-0.15, -0.1) is 0 Å². The SMILES string of the molecule is CCNC(C)c1ccc(N2CCOC3CCCC32)cn1. The van der Waals surface area contributed by atoms with Crippen molar-refractivity contribution in [3.05, 3.63) is 24.0 Å². The van der Waals surface area contributed by atoms with Crippen molar-refractivity contribution in [2.24, 2.45) is 0 Å². The van der Waals surface area contributed by atoms with Crippen LogP contribution >= 0.6 is 0 Å². The van der Waals surface area contributed by atoms with Gasteiger partial charge in [0.05, 0.1) is 36.3 Å². The average Bonchev–Trinajstić information content (AvgIpc) is 2.96. The minimum Gasteiger partial charge on any atom is -0.374 e. The maximum atomic E-state index is 5.88. The molecule has 20 heavy (non-hydrogen) atoms. The Bertz CT molecular complexity index is 434. The molecule has 4 nitrogen and oxygen atoms in total. The molecule has 1 aromatic rings. The van der Waals surface area contributed by atoms with Crippen molar-refractivity contribution >= 4 is 5.69 Å². The second-order valence-corrected chi connectivity index (χ2v) is 5.82. The summed E-state index contributed by atoms with van der Waals surface area (Å²) in [6.07, 6.45) is 6.22. The van der Waals surface area contributed by atoms with Crippen LogP contribution in [0.25, 0.3) is 0 Å². The average molecular weight is 275 g/mol. The van der Waals surface area contributed by atoms with E-state index in [9.17, 15) is 0 Å². The van der Waals surface area contributed by atoms with Crippen molar-refractivity contribution in [1.29, 1.82) is 0 Å². The Kier molecular flexibility index (Phi) is 4.22. The number of nitrogens with one attached hydrogen (secondary N) is 1. The van der Waals surface area contributed by atoms with E-state index in [4.69, 9.17) is 4.74 Å². The molecule has 3 atom stereocenters. The second-order valence-electron chi connectivity index (χ2n) is 5.82. The van der Waals surface area contributed by atoms with Crippen LogP contribution in [0.3, 0.4) is 0 Å². The molecule has 0 aromatic carbocycles. The zero-order chi connectivity index (χ0) is 13.9. The summed E-state index contributed by atoms with van der Waals surface area (Å²) in [5, 5.41) is 3.40. The van der Waals surface area contributed by atoms with Crippen LogP contribution in [0.1, 0.15) is 44.8 Å². The third kappa shape index (κ3) is 2.67. The highest BCUT2D eigenvalue weighted by molar-refractivity contribution is 5.47. The number of aromatic nitrogens is 1. The third-order valence-electron chi connectivity index (χ3n) is 4.54. The standard InChI is InChI=1S/C16H25N3O/c1-3-17-12(2)14-8-7-13(11-18-14)19-9-10-20-16-6-4-5-15(16)19/h7-8,11-12,15-17H,3-6,9-10H2,1-2H3. The molecule has 1 saturated carbocycles. The molecule has 1 aliphatic heterocycles. The first-order valence-corrected chi connectivity index (χ1v) is 7.87. The van der Waals surface area contributed by atoms with E-state index in [1.54, 1.807) is 0 Å².